The largest absolute Gasteiger partial charge is 0.478 e. The fourth-order valence-electron chi connectivity index (χ4n) is 4.36. The Morgan fingerprint density at radius 1 is 1.23 bits per heavy atom. The van der Waals surface area contributed by atoms with E-state index in [-0.39, 0.29) is 47.0 Å². The van der Waals surface area contributed by atoms with Crippen molar-refractivity contribution in [1.82, 2.24) is 0 Å². The van der Waals surface area contributed by atoms with Crippen LogP contribution in [0.1, 0.15) is 23.2 Å². The molecule has 2 aliphatic carbocycles. The molecule has 2 bridgehead atoms. The lowest BCUT2D eigenvalue weighted by Crippen LogP contribution is -2.36. The topological polar surface area (TPSA) is 92.7 Å². The minimum atomic E-state index is -1.09. The molecule has 1 saturated heterocycles. The minimum Gasteiger partial charge on any atom is -0.478 e. The highest BCUT2D eigenvalue weighted by Crippen LogP contribution is 2.57. The zero-order chi connectivity index (χ0) is 15.4. The molecule has 3 fully saturated rings. The lowest BCUT2D eigenvalue weighted by Gasteiger charge is -2.23. The molecule has 4 rings (SSSR count). The Morgan fingerprint density at radius 2 is 2.00 bits per heavy atom. The quantitative estimate of drug-likeness (QED) is 0.826. The number of carboxylic acids is 1. The molecule has 2 N–H and O–H groups in total. The standard InChI is InChI=1S/C16H15NO5/c18-14(17-10-4-2-1-3-8(10)15(19)20)12-7-5-9-11(6-7)22-16(21)13(9)12/h1-4,7,9,11-13H,5-6H2,(H,17,18)(H,19,20)/t7-,9-,11+,12+,13-/m1/s1. The summed E-state index contributed by atoms with van der Waals surface area (Å²) in [5.41, 5.74) is 0.316. The highest BCUT2D eigenvalue weighted by molar-refractivity contribution is 6.02. The van der Waals surface area contributed by atoms with Gasteiger partial charge in [-0.2, -0.15) is 0 Å². The van der Waals surface area contributed by atoms with Gasteiger partial charge in [-0.3, -0.25) is 9.59 Å². The van der Waals surface area contributed by atoms with Gasteiger partial charge in [-0.1, -0.05) is 12.1 Å². The summed E-state index contributed by atoms with van der Waals surface area (Å²) in [6, 6.07) is 6.28. The van der Waals surface area contributed by atoms with Gasteiger partial charge in [0.05, 0.1) is 23.1 Å². The molecule has 114 valence electrons. The van der Waals surface area contributed by atoms with Crippen LogP contribution >= 0.6 is 0 Å². The Hall–Kier alpha value is -2.37. The number of carbonyl (C=O) groups excluding carboxylic acids is 2. The first-order valence-electron chi connectivity index (χ1n) is 7.40. The zero-order valence-corrected chi connectivity index (χ0v) is 11.7. The van der Waals surface area contributed by atoms with E-state index in [1.807, 2.05) is 0 Å². The van der Waals surface area contributed by atoms with Crippen LogP contribution in [-0.4, -0.2) is 29.1 Å². The number of anilines is 1. The summed E-state index contributed by atoms with van der Waals surface area (Å²) in [6.45, 7) is 0. The maximum atomic E-state index is 12.6. The van der Waals surface area contributed by atoms with Crippen molar-refractivity contribution in [1.29, 1.82) is 0 Å². The van der Waals surface area contributed by atoms with Crippen LogP contribution in [0.3, 0.4) is 0 Å². The molecule has 22 heavy (non-hydrogen) atoms. The second kappa shape index (κ2) is 4.56. The van der Waals surface area contributed by atoms with Crippen molar-refractivity contribution in [3.05, 3.63) is 29.8 Å². The molecule has 6 nitrogen and oxygen atoms in total. The van der Waals surface area contributed by atoms with Crippen molar-refractivity contribution < 1.29 is 24.2 Å². The maximum absolute atomic E-state index is 12.6. The molecular formula is C16H15NO5. The number of carboxylic acid groups (broad SMARTS) is 1. The van der Waals surface area contributed by atoms with E-state index in [0.29, 0.717) is 0 Å². The van der Waals surface area contributed by atoms with Crippen molar-refractivity contribution in [3.63, 3.8) is 0 Å². The van der Waals surface area contributed by atoms with E-state index in [2.05, 4.69) is 5.32 Å². The fourth-order valence-corrected chi connectivity index (χ4v) is 4.36. The van der Waals surface area contributed by atoms with Gasteiger partial charge in [0.25, 0.3) is 0 Å². The number of carbonyl (C=O) groups is 3. The summed E-state index contributed by atoms with van der Waals surface area (Å²) in [5, 5.41) is 11.9. The van der Waals surface area contributed by atoms with Crippen LogP contribution in [0.4, 0.5) is 5.69 Å². The van der Waals surface area contributed by atoms with E-state index in [9.17, 15) is 19.5 Å². The van der Waals surface area contributed by atoms with Crippen molar-refractivity contribution in [2.24, 2.45) is 23.7 Å². The Balaban J connectivity index is 1.59. The van der Waals surface area contributed by atoms with Crippen LogP contribution in [0, 0.1) is 23.7 Å². The third-order valence-corrected chi connectivity index (χ3v) is 5.20. The van der Waals surface area contributed by atoms with Gasteiger partial charge in [0.1, 0.15) is 6.10 Å². The van der Waals surface area contributed by atoms with Gasteiger partial charge in [-0.15, -0.1) is 0 Å². The SMILES string of the molecule is O=C(O)c1ccccc1NC(=O)[C@H]1[C@@H]2C[C@H]3[C@H]1C(=O)O[C@H]3C2. The molecule has 1 heterocycles. The molecule has 5 atom stereocenters. The van der Waals surface area contributed by atoms with Crippen LogP contribution in [0.5, 0.6) is 0 Å². The van der Waals surface area contributed by atoms with Crippen LogP contribution in [0.25, 0.3) is 0 Å². The third kappa shape index (κ3) is 1.76. The smallest absolute Gasteiger partial charge is 0.337 e. The highest BCUT2D eigenvalue weighted by Gasteiger charge is 2.63. The highest BCUT2D eigenvalue weighted by atomic mass is 16.6. The van der Waals surface area contributed by atoms with Gasteiger partial charge in [-0.05, 0) is 30.9 Å². The van der Waals surface area contributed by atoms with Crippen molar-refractivity contribution in [2.45, 2.75) is 18.9 Å². The van der Waals surface area contributed by atoms with E-state index >= 15 is 0 Å². The van der Waals surface area contributed by atoms with E-state index in [1.165, 1.54) is 6.07 Å². The molecule has 1 aromatic carbocycles. The van der Waals surface area contributed by atoms with Crippen molar-refractivity contribution in [2.75, 3.05) is 5.32 Å². The van der Waals surface area contributed by atoms with Gasteiger partial charge in [-0.25, -0.2) is 4.79 Å². The maximum Gasteiger partial charge on any atom is 0.337 e. The Labute approximate surface area is 126 Å². The number of amides is 1. The number of benzene rings is 1. The van der Waals surface area contributed by atoms with Crippen molar-refractivity contribution >= 4 is 23.5 Å². The summed E-state index contributed by atoms with van der Waals surface area (Å²) < 4.78 is 5.32. The van der Waals surface area contributed by atoms with E-state index in [1.54, 1.807) is 18.2 Å². The lowest BCUT2D eigenvalue weighted by molar-refractivity contribution is -0.145. The van der Waals surface area contributed by atoms with E-state index in [0.717, 1.165) is 12.8 Å². The van der Waals surface area contributed by atoms with Gasteiger partial charge in [0.2, 0.25) is 5.91 Å². The van der Waals surface area contributed by atoms with Gasteiger partial charge >= 0.3 is 11.9 Å². The molecule has 0 aromatic heterocycles. The molecule has 3 aliphatic rings. The van der Waals surface area contributed by atoms with Gasteiger partial charge in [0.15, 0.2) is 0 Å². The van der Waals surface area contributed by atoms with Crippen LogP contribution < -0.4 is 5.32 Å². The average Bonchev–Trinajstić information content (AvgIpc) is 3.08. The van der Waals surface area contributed by atoms with E-state index in [4.69, 9.17) is 4.74 Å². The van der Waals surface area contributed by atoms with Gasteiger partial charge in [0, 0.05) is 5.92 Å². The first-order valence-corrected chi connectivity index (χ1v) is 7.40. The first-order chi connectivity index (χ1) is 10.6. The lowest BCUT2D eigenvalue weighted by atomic mass is 9.79. The monoisotopic (exact) mass is 301 g/mol. The number of esters is 1. The van der Waals surface area contributed by atoms with Crippen LogP contribution in [0.2, 0.25) is 0 Å². The third-order valence-electron chi connectivity index (χ3n) is 5.20. The summed E-state index contributed by atoms with van der Waals surface area (Å²) in [7, 11) is 0. The molecular weight excluding hydrogens is 286 g/mol. The molecule has 0 radical (unpaired) electrons. The predicted molar refractivity (Wildman–Crippen MR) is 75.1 cm³/mol. The number of para-hydroxylation sites is 1. The molecule has 1 aromatic rings. The Bertz CT molecular complexity index is 683. The average molecular weight is 301 g/mol. The molecule has 1 aliphatic heterocycles. The predicted octanol–water partition coefficient (Wildman–Crippen LogP) is 1.52. The summed E-state index contributed by atoms with van der Waals surface area (Å²) in [5.74, 6) is -2.10. The van der Waals surface area contributed by atoms with Crippen LogP contribution in [0.15, 0.2) is 24.3 Å². The van der Waals surface area contributed by atoms with Crippen molar-refractivity contribution in [3.8, 4) is 0 Å². The number of nitrogens with one attached hydrogen (secondary N) is 1. The summed E-state index contributed by atoms with van der Waals surface area (Å²) in [4.78, 5) is 35.7. The molecule has 0 spiro atoms. The minimum absolute atomic E-state index is 0.0159. The number of hydrogen-bond donors (Lipinski definition) is 2. The first kappa shape index (κ1) is 13.3. The van der Waals surface area contributed by atoms with E-state index < -0.39 is 11.9 Å². The van der Waals surface area contributed by atoms with Crippen LogP contribution in [-0.2, 0) is 14.3 Å². The normalized spacial score (nSPS) is 34.5. The van der Waals surface area contributed by atoms with Gasteiger partial charge < -0.3 is 15.2 Å². The zero-order valence-electron chi connectivity index (χ0n) is 11.7. The molecule has 0 unspecified atom stereocenters. The fraction of sp³-hybridized carbons (Fsp3) is 0.438. The molecule has 6 heteroatoms. The Morgan fingerprint density at radius 3 is 2.77 bits per heavy atom. The Kier molecular flexibility index (Phi) is 2.76. The number of hydrogen-bond acceptors (Lipinski definition) is 4. The number of aromatic carboxylic acids is 1. The summed E-state index contributed by atoms with van der Waals surface area (Å²) >= 11 is 0. The summed E-state index contributed by atoms with van der Waals surface area (Å²) in [6.07, 6.45) is 1.57. The number of ether oxygens (including phenoxy) is 1. The second-order valence-corrected chi connectivity index (χ2v) is 6.26. The number of fused-ring (bicyclic) bond motifs is 1. The molecule has 2 saturated carbocycles. The number of rotatable bonds is 3. The molecule has 1 amide bonds. The second-order valence-electron chi connectivity index (χ2n) is 6.26.